The second kappa shape index (κ2) is 4.82. The molecular formula is C12H19N3. The molecule has 0 saturated heterocycles. The number of pyridine rings is 1. The van der Waals surface area contributed by atoms with Gasteiger partial charge in [0.25, 0.3) is 0 Å². The van der Waals surface area contributed by atoms with Gasteiger partial charge in [0.1, 0.15) is 0 Å². The molecule has 0 aromatic carbocycles. The van der Waals surface area contributed by atoms with Gasteiger partial charge in [-0.15, -0.1) is 0 Å². The Bertz CT molecular complexity index is 358. The normalized spacial score (nSPS) is 10.1. The van der Waals surface area contributed by atoms with Crippen LogP contribution in [0.5, 0.6) is 0 Å². The minimum Gasteiger partial charge on any atom is -0.396 e. The van der Waals surface area contributed by atoms with Crippen molar-refractivity contribution in [1.82, 2.24) is 4.98 Å². The van der Waals surface area contributed by atoms with Crippen molar-refractivity contribution in [2.24, 2.45) is 0 Å². The number of likely N-dealkylation sites (N-methyl/N-ethyl adjacent to an activating group) is 1. The summed E-state index contributed by atoms with van der Waals surface area (Å²) < 4.78 is 0. The topological polar surface area (TPSA) is 42.2 Å². The number of aryl methyl sites for hydroxylation is 1. The van der Waals surface area contributed by atoms with E-state index < -0.39 is 0 Å². The van der Waals surface area contributed by atoms with Crippen LogP contribution < -0.4 is 10.6 Å². The Morgan fingerprint density at radius 2 is 2.27 bits per heavy atom. The van der Waals surface area contributed by atoms with Gasteiger partial charge in [0, 0.05) is 19.3 Å². The highest BCUT2D eigenvalue weighted by Gasteiger charge is 2.09. The summed E-state index contributed by atoms with van der Waals surface area (Å²) in [4.78, 5) is 6.48. The summed E-state index contributed by atoms with van der Waals surface area (Å²) in [5, 5.41) is 0. The van der Waals surface area contributed by atoms with E-state index >= 15 is 0 Å². The van der Waals surface area contributed by atoms with Gasteiger partial charge in [-0.05, 0) is 32.4 Å². The lowest BCUT2D eigenvalue weighted by Crippen LogP contribution is -2.26. The van der Waals surface area contributed by atoms with Crippen LogP contribution >= 0.6 is 0 Å². The molecule has 0 radical (unpaired) electrons. The molecule has 0 saturated carbocycles. The van der Waals surface area contributed by atoms with Crippen molar-refractivity contribution in [1.29, 1.82) is 0 Å². The van der Waals surface area contributed by atoms with E-state index in [0.717, 1.165) is 35.7 Å². The molecule has 0 aliphatic heterocycles. The van der Waals surface area contributed by atoms with Gasteiger partial charge in [-0.25, -0.2) is 4.98 Å². The first-order chi connectivity index (χ1) is 7.04. The van der Waals surface area contributed by atoms with E-state index in [4.69, 9.17) is 5.73 Å². The lowest BCUT2D eigenvalue weighted by atomic mass is 10.2. The summed E-state index contributed by atoms with van der Waals surface area (Å²) in [6, 6.07) is 1.95. The van der Waals surface area contributed by atoms with Crippen molar-refractivity contribution >= 4 is 11.5 Å². The highest BCUT2D eigenvalue weighted by molar-refractivity contribution is 5.63. The fraction of sp³-hybridized carbons (Fsp3) is 0.417. The molecule has 3 heteroatoms. The molecule has 0 fully saturated rings. The molecule has 1 aromatic heterocycles. The van der Waals surface area contributed by atoms with Crippen molar-refractivity contribution in [3.63, 3.8) is 0 Å². The van der Waals surface area contributed by atoms with Crippen LogP contribution in [0.25, 0.3) is 0 Å². The molecule has 15 heavy (non-hydrogen) atoms. The minimum absolute atomic E-state index is 0.734. The molecule has 0 unspecified atom stereocenters. The Hall–Kier alpha value is -1.51. The van der Waals surface area contributed by atoms with Crippen LogP contribution in [0.4, 0.5) is 11.5 Å². The van der Waals surface area contributed by atoms with E-state index in [9.17, 15) is 0 Å². The number of aromatic nitrogens is 1. The molecule has 1 aromatic rings. The maximum absolute atomic E-state index is 5.94. The lowest BCUT2D eigenvalue weighted by Gasteiger charge is -2.23. The molecule has 0 aliphatic rings. The Labute approximate surface area is 91.6 Å². The quantitative estimate of drug-likeness (QED) is 0.767. The van der Waals surface area contributed by atoms with Crippen LogP contribution in [0.15, 0.2) is 24.4 Å². The molecule has 1 rings (SSSR count). The first-order valence-electron chi connectivity index (χ1n) is 5.16. The largest absolute Gasteiger partial charge is 0.396 e. The summed E-state index contributed by atoms with van der Waals surface area (Å²) in [6.07, 6.45) is 1.84. The monoisotopic (exact) mass is 205 g/mol. The van der Waals surface area contributed by atoms with Crippen LogP contribution in [0, 0.1) is 6.92 Å². The number of nitrogen functional groups attached to an aromatic ring is 1. The molecule has 2 N–H and O–H groups in total. The molecule has 0 atom stereocenters. The van der Waals surface area contributed by atoms with E-state index in [-0.39, 0.29) is 0 Å². The van der Waals surface area contributed by atoms with E-state index in [2.05, 4.69) is 23.4 Å². The van der Waals surface area contributed by atoms with E-state index in [0.29, 0.717) is 0 Å². The summed E-state index contributed by atoms with van der Waals surface area (Å²) in [5.74, 6) is 0.853. The maximum Gasteiger partial charge on any atom is 0.152 e. The number of nitrogens with zero attached hydrogens (tertiary/aromatic N) is 2. The third-order valence-corrected chi connectivity index (χ3v) is 2.17. The van der Waals surface area contributed by atoms with Crippen LogP contribution in [0.2, 0.25) is 0 Å². The first kappa shape index (κ1) is 11.6. The Morgan fingerprint density at radius 3 is 2.73 bits per heavy atom. The number of anilines is 2. The predicted molar refractivity (Wildman–Crippen MR) is 66.1 cm³/mol. The molecule has 0 amide bonds. The van der Waals surface area contributed by atoms with Gasteiger partial charge < -0.3 is 10.6 Å². The molecule has 3 nitrogen and oxygen atoms in total. The first-order valence-corrected chi connectivity index (χ1v) is 5.16. The zero-order valence-electron chi connectivity index (χ0n) is 9.75. The summed E-state index contributed by atoms with van der Waals surface area (Å²) in [5.41, 5.74) is 8.87. The molecule has 82 valence electrons. The second-order valence-electron chi connectivity index (χ2n) is 3.90. The van der Waals surface area contributed by atoms with Gasteiger partial charge >= 0.3 is 0 Å². The number of rotatable bonds is 4. The van der Waals surface area contributed by atoms with Crippen LogP contribution in [0.3, 0.4) is 0 Å². The number of hydrogen-bond acceptors (Lipinski definition) is 3. The van der Waals surface area contributed by atoms with Gasteiger partial charge in [0.15, 0.2) is 5.82 Å². The molecule has 0 bridgehead atoms. The van der Waals surface area contributed by atoms with E-state index in [1.807, 2.05) is 26.1 Å². The van der Waals surface area contributed by atoms with Gasteiger partial charge in [0.05, 0.1) is 5.69 Å². The van der Waals surface area contributed by atoms with Crippen molar-refractivity contribution < 1.29 is 0 Å². The predicted octanol–water partition coefficient (Wildman–Crippen LogP) is 2.37. The van der Waals surface area contributed by atoms with Crippen LogP contribution in [-0.4, -0.2) is 18.1 Å². The fourth-order valence-electron chi connectivity index (χ4n) is 1.51. The zero-order chi connectivity index (χ0) is 11.4. The van der Waals surface area contributed by atoms with E-state index in [1.54, 1.807) is 0 Å². The van der Waals surface area contributed by atoms with Gasteiger partial charge in [-0.3, -0.25) is 0 Å². The molecular weight excluding hydrogens is 186 g/mol. The molecule has 1 heterocycles. The molecule has 0 aliphatic carbocycles. The fourth-order valence-corrected chi connectivity index (χ4v) is 1.51. The van der Waals surface area contributed by atoms with Crippen LogP contribution in [0.1, 0.15) is 19.4 Å². The summed E-state index contributed by atoms with van der Waals surface area (Å²) in [6.45, 7) is 11.7. The number of hydrogen-bond donors (Lipinski definition) is 1. The standard InChI is InChI=1S/C12H19N3/c1-5-15(8-9(2)3)12-11(13)6-10(4)7-14-12/h6-7H,2,5,8,13H2,1,3-4H3. The average molecular weight is 205 g/mol. The van der Waals surface area contributed by atoms with Crippen molar-refractivity contribution in [2.45, 2.75) is 20.8 Å². The average Bonchev–Trinajstić information content (AvgIpc) is 2.14. The highest BCUT2D eigenvalue weighted by Crippen LogP contribution is 2.21. The Kier molecular flexibility index (Phi) is 3.72. The molecule has 0 spiro atoms. The van der Waals surface area contributed by atoms with Gasteiger partial charge in [-0.2, -0.15) is 0 Å². The van der Waals surface area contributed by atoms with Crippen molar-refractivity contribution in [2.75, 3.05) is 23.7 Å². The van der Waals surface area contributed by atoms with Crippen molar-refractivity contribution in [3.8, 4) is 0 Å². The highest BCUT2D eigenvalue weighted by atomic mass is 15.2. The minimum atomic E-state index is 0.734. The summed E-state index contributed by atoms with van der Waals surface area (Å²) in [7, 11) is 0. The van der Waals surface area contributed by atoms with Gasteiger partial charge in [0.2, 0.25) is 0 Å². The number of nitrogens with two attached hydrogens (primary N) is 1. The SMILES string of the molecule is C=C(C)CN(CC)c1ncc(C)cc1N. The van der Waals surface area contributed by atoms with Crippen LogP contribution in [-0.2, 0) is 0 Å². The second-order valence-corrected chi connectivity index (χ2v) is 3.90. The third-order valence-electron chi connectivity index (χ3n) is 2.17. The zero-order valence-corrected chi connectivity index (χ0v) is 9.75. The Balaban J connectivity index is 2.96. The summed E-state index contributed by atoms with van der Waals surface area (Å²) >= 11 is 0. The Morgan fingerprint density at radius 1 is 1.60 bits per heavy atom. The lowest BCUT2D eigenvalue weighted by molar-refractivity contribution is 0.860. The van der Waals surface area contributed by atoms with Crippen molar-refractivity contribution in [3.05, 3.63) is 30.0 Å². The van der Waals surface area contributed by atoms with Gasteiger partial charge in [-0.1, -0.05) is 12.2 Å². The maximum atomic E-state index is 5.94. The smallest absolute Gasteiger partial charge is 0.152 e. The third kappa shape index (κ3) is 2.98. The van der Waals surface area contributed by atoms with E-state index in [1.165, 1.54) is 0 Å².